The lowest BCUT2D eigenvalue weighted by Gasteiger charge is -2.13. The first-order valence-electron chi connectivity index (χ1n) is 11.5. The fraction of sp³-hybridized carbons (Fsp3) is 0.138. The summed E-state index contributed by atoms with van der Waals surface area (Å²) in [7, 11) is 0. The van der Waals surface area contributed by atoms with Crippen LogP contribution in [-0.2, 0) is 4.79 Å². The van der Waals surface area contributed by atoms with Crippen LogP contribution in [0.4, 0.5) is 0 Å². The molecule has 0 spiro atoms. The molecule has 1 N–H and O–H groups in total. The number of benzene rings is 3. The molecular weight excluding hydrogens is 470 g/mol. The number of carbonyl (C=O) groups is 1. The molecule has 1 amide bonds. The summed E-state index contributed by atoms with van der Waals surface area (Å²) < 4.78 is 7.78. The smallest absolute Gasteiger partial charge is 0.273 e. The summed E-state index contributed by atoms with van der Waals surface area (Å²) in [4.78, 5) is 26.8. The Morgan fingerprint density at radius 3 is 2.36 bits per heavy atom. The van der Waals surface area contributed by atoms with Gasteiger partial charge in [-0.3, -0.25) is 14.2 Å². The topological polar surface area (TPSA) is 84.1 Å². The molecule has 3 aromatic carbocycles. The number of ether oxygens (including phenoxy) is 1. The number of aromatic nitrogens is 1. The molecule has 0 bridgehead atoms. The Morgan fingerprint density at radius 1 is 1.06 bits per heavy atom. The van der Waals surface area contributed by atoms with Gasteiger partial charge in [0, 0.05) is 5.56 Å². The Labute approximate surface area is 213 Å². The monoisotopic (exact) mass is 495 g/mol. The zero-order valence-electron chi connectivity index (χ0n) is 20.0. The standard InChI is InChI=1S/C29H25N3O3S/c1-3-35-25-17-11-10-14-22(25)18-26-28(34)32(23-15-8-5-9-16-23)29(36-26)24(19-30)27(33)31-20(2)21-12-6-4-7-13-21/h4-18,20H,3H2,1-2H3,(H,31,33)/b26-18+,29-24+/t20-/m0/s1. The fourth-order valence-corrected chi connectivity index (χ4v) is 4.87. The van der Waals surface area contributed by atoms with Crippen LogP contribution in [0.2, 0.25) is 0 Å². The van der Waals surface area contributed by atoms with Crippen molar-refractivity contribution in [3.8, 4) is 17.5 Å². The molecule has 4 aromatic rings. The second-order valence-corrected chi connectivity index (χ2v) is 8.99. The van der Waals surface area contributed by atoms with Gasteiger partial charge in [-0.25, -0.2) is 0 Å². The molecule has 36 heavy (non-hydrogen) atoms. The molecule has 0 fully saturated rings. The predicted octanol–water partition coefficient (Wildman–Crippen LogP) is 3.68. The second kappa shape index (κ2) is 11.3. The van der Waals surface area contributed by atoms with Gasteiger partial charge < -0.3 is 10.1 Å². The van der Waals surface area contributed by atoms with E-state index in [1.165, 1.54) is 4.57 Å². The molecule has 1 atom stereocenters. The lowest BCUT2D eigenvalue weighted by molar-refractivity contribution is -0.116. The number of nitrogens with zero attached hydrogens (tertiary/aromatic N) is 2. The van der Waals surface area contributed by atoms with Crippen LogP contribution in [0.1, 0.15) is 31.0 Å². The number of hydrogen-bond acceptors (Lipinski definition) is 5. The zero-order valence-corrected chi connectivity index (χ0v) is 20.8. The van der Waals surface area contributed by atoms with E-state index in [4.69, 9.17) is 4.74 Å². The minimum Gasteiger partial charge on any atom is -0.493 e. The fourth-order valence-electron chi connectivity index (χ4n) is 3.78. The first kappa shape index (κ1) is 24.7. The van der Waals surface area contributed by atoms with Crippen molar-refractivity contribution in [2.24, 2.45) is 0 Å². The van der Waals surface area contributed by atoms with E-state index in [2.05, 4.69) is 5.32 Å². The van der Waals surface area contributed by atoms with Gasteiger partial charge in [-0.05, 0) is 43.7 Å². The molecule has 0 aliphatic carbocycles. The third kappa shape index (κ3) is 5.29. The van der Waals surface area contributed by atoms with Crippen LogP contribution in [0, 0.1) is 11.3 Å². The maximum atomic E-state index is 13.6. The third-order valence-corrected chi connectivity index (χ3v) is 6.64. The third-order valence-electron chi connectivity index (χ3n) is 5.54. The Morgan fingerprint density at radius 2 is 1.69 bits per heavy atom. The van der Waals surface area contributed by atoms with Gasteiger partial charge >= 0.3 is 0 Å². The lowest BCUT2D eigenvalue weighted by Crippen LogP contribution is -2.34. The largest absolute Gasteiger partial charge is 0.493 e. The molecule has 0 aliphatic heterocycles. The first-order valence-corrected chi connectivity index (χ1v) is 12.4. The van der Waals surface area contributed by atoms with Crippen molar-refractivity contribution in [3.63, 3.8) is 0 Å². The van der Waals surface area contributed by atoms with Gasteiger partial charge in [0.15, 0.2) is 5.57 Å². The van der Waals surface area contributed by atoms with Crippen molar-refractivity contribution in [3.05, 3.63) is 116 Å². The molecule has 0 aliphatic rings. The molecule has 6 nitrogen and oxygen atoms in total. The highest BCUT2D eigenvalue weighted by Gasteiger charge is 2.19. The maximum Gasteiger partial charge on any atom is 0.273 e. The summed E-state index contributed by atoms with van der Waals surface area (Å²) in [5.41, 5.74) is 1.79. The van der Waals surface area contributed by atoms with Gasteiger partial charge in [-0.1, -0.05) is 66.7 Å². The van der Waals surface area contributed by atoms with Gasteiger partial charge in [0.05, 0.1) is 22.9 Å². The highest BCUT2D eigenvalue weighted by atomic mass is 32.1. The highest BCUT2D eigenvalue weighted by molar-refractivity contribution is 7.07. The van der Waals surface area contributed by atoms with Crippen molar-refractivity contribution >= 4 is 28.9 Å². The molecular formula is C29H25N3O3S. The molecule has 180 valence electrons. The average Bonchev–Trinajstić information content (AvgIpc) is 3.22. The quantitative estimate of drug-likeness (QED) is 0.424. The summed E-state index contributed by atoms with van der Waals surface area (Å²) in [5.74, 6) is 0.112. The van der Waals surface area contributed by atoms with Crippen LogP contribution >= 0.6 is 11.3 Å². The Kier molecular flexibility index (Phi) is 7.79. The van der Waals surface area contributed by atoms with Crippen LogP contribution in [0.3, 0.4) is 0 Å². The van der Waals surface area contributed by atoms with E-state index < -0.39 is 5.91 Å². The summed E-state index contributed by atoms with van der Waals surface area (Å²) in [6.07, 6.45) is 1.74. The number of para-hydroxylation sites is 2. The summed E-state index contributed by atoms with van der Waals surface area (Å²) in [6.45, 7) is 4.23. The highest BCUT2D eigenvalue weighted by Crippen LogP contribution is 2.18. The van der Waals surface area contributed by atoms with Crippen LogP contribution in [0.5, 0.6) is 5.75 Å². The van der Waals surface area contributed by atoms with Crippen molar-refractivity contribution in [1.82, 2.24) is 9.88 Å². The number of nitrogens with one attached hydrogen (secondary N) is 1. The van der Waals surface area contributed by atoms with Crippen LogP contribution < -0.4 is 24.8 Å². The molecule has 0 unspecified atom stereocenters. The Balaban J connectivity index is 1.91. The van der Waals surface area contributed by atoms with Crippen molar-refractivity contribution in [2.75, 3.05) is 6.61 Å². The summed E-state index contributed by atoms with van der Waals surface area (Å²) in [5, 5.41) is 12.9. The Bertz CT molecular complexity index is 1580. The number of rotatable bonds is 7. The van der Waals surface area contributed by atoms with Crippen LogP contribution in [-0.4, -0.2) is 17.1 Å². The lowest BCUT2D eigenvalue weighted by atomic mass is 10.1. The van der Waals surface area contributed by atoms with Gasteiger partial charge in [0.2, 0.25) is 0 Å². The van der Waals surface area contributed by atoms with Gasteiger partial charge in [0.1, 0.15) is 16.5 Å². The molecule has 0 saturated heterocycles. The van der Waals surface area contributed by atoms with E-state index in [1.807, 2.05) is 80.6 Å². The molecule has 0 saturated carbocycles. The maximum absolute atomic E-state index is 13.6. The molecule has 1 heterocycles. The van der Waals surface area contributed by atoms with E-state index >= 15 is 0 Å². The summed E-state index contributed by atoms with van der Waals surface area (Å²) in [6, 6.07) is 27.6. The Hall–Kier alpha value is -4.41. The minimum absolute atomic E-state index is 0.124. The normalized spacial score (nSPS) is 13.0. The van der Waals surface area contributed by atoms with Crippen molar-refractivity contribution in [2.45, 2.75) is 19.9 Å². The second-order valence-electron chi connectivity index (χ2n) is 7.96. The van der Waals surface area contributed by atoms with Gasteiger partial charge in [0.25, 0.3) is 11.5 Å². The molecule has 4 rings (SSSR count). The average molecular weight is 496 g/mol. The van der Waals surface area contributed by atoms with Gasteiger partial charge in [-0.2, -0.15) is 5.26 Å². The van der Waals surface area contributed by atoms with Crippen LogP contribution in [0.15, 0.2) is 89.7 Å². The van der Waals surface area contributed by atoms with E-state index in [-0.39, 0.29) is 21.8 Å². The number of amides is 1. The van der Waals surface area contributed by atoms with E-state index in [0.29, 0.717) is 22.6 Å². The SMILES string of the molecule is CCOc1ccccc1/C=c1/s/c(=C(\C#N)C(=O)N[C@@H](C)c2ccccc2)n(-c2ccccc2)c1=O. The number of hydrogen-bond donors (Lipinski definition) is 1. The van der Waals surface area contributed by atoms with Crippen LogP contribution in [0.25, 0.3) is 17.3 Å². The molecule has 0 radical (unpaired) electrons. The predicted molar refractivity (Wildman–Crippen MR) is 142 cm³/mol. The molecule has 7 heteroatoms. The van der Waals surface area contributed by atoms with Crippen molar-refractivity contribution < 1.29 is 9.53 Å². The number of nitriles is 1. The van der Waals surface area contributed by atoms with Crippen molar-refractivity contribution in [1.29, 1.82) is 5.26 Å². The van der Waals surface area contributed by atoms with Gasteiger partial charge in [-0.15, -0.1) is 11.3 Å². The first-order chi connectivity index (χ1) is 17.5. The minimum atomic E-state index is -0.541. The number of thiazole rings is 1. The zero-order chi connectivity index (χ0) is 25.5. The summed E-state index contributed by atoms with van der Waals surface area (Å²) >= 11 is 1.11. The number of carbonyl (C=O) groups excluding carboxylic acids is 1. The van der Waals surface area contributed by atoms with E-state index in [9.17, 15) is 14.9 Å². The van der Waals surface area contributed by atoms with E-state index in [1.54, 1.807) is 30.3 Å². The van der Waals surface area contributed by atoms with E-state index in [0.717, 1.165) is 22.5 Å². The molecule has 1 aromatic heterocycles.